The second-order valence-electron chi connectivity index (χ2n) is 3.57. The molecule has 1 aromatic rings. The van der Waals surface area contributed by atoms with Crippen LogP contribution in [0, 0.1) is 0 Å². The highest BCUT2D eigenvalue weighted by molar-refractivity contribution is 9.10. The maximum Gasteiger partial charge on any atom is 0.416 e. The Morgan fingerprint density at radius 2 is 2.00 bits per heavy atom. The smallest absolute Gasteiger partial charge is 0.388 e. The van der Waals surface area contributed by atoms with Crippen molar-refractivity contribution in [3.8, 4) is 0 Å². The number of aliphatic hydroxyl groups excluding tert-OH is 1. The van der Waals surface area contributed by atoms with Crippen LogP contribution in [0.1, 0.15) is 29.2 Å². The SMILES string of the molecule is OC1CCc2c1cc(Br)cc2C(F)(F)F. The van der Waals surface area contributed by atoms with Gasteiger partial charge in [0.2, 0.25) is 0 Å². The van der Waals surface area contributed by atoms with Crippen LogP contribution in [0.3, 0.4) is 0 Å². The molecule has 2 rings (SSSR count). The van der Waals surface area contributed by atoms with E-state index >= 15 is 0 Å². The molecule has 0 saturated heterocycles. The topological polar surface area (TPSA) is 20.2 Å². The van der Waals surface area contributed by atoms with Crippen LogP contribution in [0.4, 0.5) is 13.2 Å². The molecule has 1 aliphatic rings. The molecule has 0 fully saturated rings. The van der Waals surface area contributed by atoms with Crippen molar-refractivity contribution in [3.63, 3.8) is 0 Å². The zero-order chi connectivity index (χ0) is 11.2. The Bertz CT molecular complexity index is 400. The summed E-state index contributed by atoms with van der Waals surface area (Å²) in [5, 5.41) is 9.51. The van der Waals surface area contributed by atoms with Gasteiger partial charge in [-0.2, -0.15) is 13.2 Å². The molecule has 0 aromatic heterocycles. The minimum Gasteiger partial charge on any atom is -0.388 e. The third-order valence-electron chi connectivity index (χ3n) is 2.58. The molecule has 82 valence electrons. The molecule has 0 amide bonds. The van der Waals surface area contributed by atoms with Crippen molar-refractivity contribution < 1.29 is 18.3 Å². The van der Waals surface area contributed by atoms with Gasteiger partial charge in [-0.15, -0.1) is 0 Å². The van der Waals surface area contributed by atoms with Crippen molar-refractivity contribution in [3.05, 3.63) is 33.3 Å². The summed E-state index contributed by atoms with van der Waals surface area (Å²) in [5.74, 6) is 0. The lowest BCUT2D eigenvalue weighted by atomic mass is 10.0. The molecule has 0 spiro atoms. The van der Waals surface area contributed by atoms with E-state index in [2.05, 4.69) is 15.9 Å². The monoisotopic (exact) mass is 280 g/mol. The molecule has 1 nitrogen and oxygen atoms in total. The van der Waals surface area contributed by atoms with E-state index < -0.39 is 17.8 Å². The largest absolute Gasteiger partial charge is 0.416 e. The minimum atomic E-state index is -4.35. The van der Waals surface area contributed by atoms with Crippen molar-refractivity contribution in [1.29, 1.82) is 0 Å². The van der Waals surface area contributed by atoms with Gasteiger partial charge in [0.1, 0.15) is 0 Å². The van der Waals surface area contributed by atoms with Crippen LogP contribution in [0.15, 0.2) is 16.6 Å². The normalized spacial score (nSPS) is 20.5. The van der Waals surface area contributed by atoms with Gasteiger partial charge in [-0.3, -0.25) is 0 Å². The standard InChI is InChI=1S/C10H8BrF3O/c11-5-3-7-6(1-2-9(7)15)8(4-5)10(12,13)14/h3-4,9,15H,1-2H2. The van der Waals surface area contributed by atoms with Gasteiger partial charge < -0.3 is 5.11 Å². The molecule has 1 unspecified atom stereocenters. The number of aliphatic hydroxyl groups is 1. The van der Waals surface area contributed by atoms with E-state index in [9.17, 15) is 18.3 Å². The number of alkyl halides is 3. The van der Waals surface area contributed by atoms with E-state index in [1.165, 1.54) is 0 Å². The quantitative estimate of drug-likeness (QED) is 0.772. The zero-order valence-corrected chi connectivity index (χ0v) is 9.19. The molecule has 0 aliphatic heterocycles. The lowest BCUT2D eigenvalue weighted by Gasteiger charge is -2.13. The van der Waals surface area contributed by atoms with E-state index in [1.54, 1.807) is 6.07 Å². The average molecular weight is 281 g/mol. The molecular formula is C10H8BrF3O. The fourth-order valence-corrected chi connectivity index (χ4v) is 2.40. The second kappa shape index (κ2) is 3.49. The molecule has 1 aromatic carbocycles. The first kappa shape index (κ1) is 11.0. The third kappa shape index (κ3) is 1.90. The third-order valence-corrected chi connectivity index (χ3v) is 3.04. The lowest BCUT2D eigenvalue weighted by molar-refractivity contribution is -0.138. The highest BCUT2D eigenvalue weighted by Gasteiger charge is 2.37. The molecule has 1 aliphatic carbocycles. The number of hydrogen-bond acceptors (Lipinski definition) is 1. The Morgan fingerprint density at radius 3 is 2.60 bits per heavy atom. The summed E-state index contributed by atoms with van der Waals surface area (Å²) in [4.78, 5) is 0. The molecule has 0 bridgehead atoms. The number of fused-ring (bicyclic) bond motifs is 1. The molecule has 1 N–H and O–H groups in total. The number of benzene rings is 1. The van der Waals surface area contributed by atoms with E-state index in [1.807, 2.05) is 0 Å². The molecule has 0 heterocycles. The molecular weight excluding hydrogens is 273 g/mol. The van der Waals surface area contributed by atoms with Crippen molar-refractivity contribution in [2.24, 2.45) is 0 Å². The summed E-state index contributed by atoms with van der Waals surface area (Å²) in [5.41, 5.74) is -0.00155. The Morgan fingerprint density at radius 1 is 1.33 bits per heavy atom. The van der Waals surface area contributed by atoms with Gasteiger partial charge in [-0.1, -0.05) is 15.9 Å². The molecule has 15 heavy (non-hydrogen) atoms. The van der Waals surface area contributed by atoms with Crippen LogP contribution in [-0.4, -0.2) is 5.11 Å². The van der Waals surface area contributed by atoms with Gasteiger partial charge in [0.15, 0.2) is 0 Å². The van der Waals surface area contributed by atoms with E-state index in [4.69, 9.17) is 0 Å². The summed E-state index contributed by atoms with van der Waals surface area (Å²) in [7, 11) is 0. The molecule has 0 saturated carbocycles. The summed E-state index contributed by atoms with van der Waals surface area (Å²) in [6.07, 6.45) is -4.45. The Labute approximate surface area is 93.0 Å². The van der Waals surface area contributed by atoms with Crippen LogP contribution < -0.4 is 0 Å². The Hall–Kier alpha value is -0.550. The first-order valence-electron chi connectivity index (χ1n) is 4.47. The average Bonchev–Trinajstić information content (AvgIpc) is 2.45. The van der Waals surface area contributed by atoms with Gasteiger partial charge in [-0.25, -0.2) is 0 Å². The highest BCUT2D eigenvalue weighted by Crippen LogP contribution is 2.42. The first-order chi connectivity index (χ1) is 6.89. The Kier molecular flexibility index (Phi) is 2.55. The first-order valence-corrected chi connectivity index (χ1v) is 5.26. The number of rotatable bonds is 0. The summed E-state index contributed by atoms with van der Waals surface area (Å²) in [6.45, 7) is 0. The van der Waals surface area contributed by atoms with Crippen LogP contribution in [0.5, 0.6) is 0 Å². The zero-order valence-electron chi connectivity index (χ0n) is 7.61. The summed E-state index contributed by atoms with van der Waals surface area (Å²) in [6, 6.07) is 2.62. The van der Waals surface area contributed by atoms with Crippen LogP contribution in [0.2, 0.25) is 0 Å². The lowest BCUT2D eigenvalue weighted by Crippen LogP contribution is -2.09. The van der Waals surface area contributed by atoms with Gasteiger partial charge >= 0.3 is 6.18 Å². The van der Waals surface area contributed by atoms with Gasteiger partial charge in [0.25, 0.3) is 0 Å². The fourth-order valence-electron chi connectivity index (χ4n) is 1.92. The highest BCUT2D eigenvalue weighted by atomic mass is 79.9. The number of halogens is 4. The molecule has 1 atom stereocenters. The van der Waals surface area contributed by atoms with Crippen LogP contribution in [0.25, 0.3) is 0 Å². The van der Waals surface area contributed by atoms with Crippen LogP contribution in [-0.2, 0) is 12.6 Å². The van der Waals surface area contributed by atoms with Crippen molar-refractivity contribution in [2.75, 3.05) is 0 Å². The van der Waals surface area contributed by atoms with Crippen molar-refractivity contribution in [2.45, 2.75) is 25.1 Å². The molecule has 5 heteroatoms. The maximum absolute atomic E-state index is 12.6. The second-order valence-corrected chi connectivity index (χ2v) is 4.49. The Balaban J connectivity index is 2.62. The van der Waals surface area contributed by atoms with Crippen molar-refractivity contribution in [1.82, 2.24) is 0 Å². The fraction of sp³-hybridized carbons (Fsp3) is 0.400. The summed E-state index contributed by atoms with van der Waals surface area (Å²) >= 11 is 3.02. The van der Waals surface area contributed by atoms with Gasteiger partial charge in [-0.05, 0) is 36.1 Å². The van der Waals surface area contributed by atoms with Gasteiger partial charge in [0, 0.05) is 4.47 Å². The van der Waals surface area contributed by atoms with E-state index in [-0.39, 0.29) is 5.56 Å². The maximum atomic E-state index is 12.6. The van der Waals surface area contributed by atoms with E-state index in [0.29, 0.717) is 22.9 Å². The minimum absolute atomic E-state index is 0.234. The number of hydrogen-bond donors (Lipinski definition) is 1. The summed E-state index contributed by atoms with van der Waals surface area (Å²) < 4.78 is 38.3. The van der Waals surface area contributed by atoms with Crippen molar-refractivity contribution >= 4 is 15.9 Å². The molecule has 0 radical (unpaired) electrons. The van der Waals surface area contributed by atoms with E-state index in [0.717, 1.165) is 6.07 Å². The predicted molar refractivity (Wildman–Crippen MR) is 52.4 cm³/mol. The predicted octanol–water partition coefficient (Wildman–Crippen LogP) is 3.45. The van der Waals surface area contributed by atoms with Gasteiger partial charge in [0.05, 0.1) is 11.7 Å². The van der Waals surface area contributed by atoms with Crippen LogP contribution >= 0.6 is 15.9 Å².